The first-order valence-corrected chi connectivity index (χ1v) is 8.25. The second kappa shape index (κ2) is 6.72. The van der Waals surface area contributed by atoms with Crippen LogP contribution >= 0.6 is 0 Å². The number of aliphatic hydroxyl groups is 1. The number of amides is 1. The summed E-state index contributed by atoms with van der Waals surface area (Å²) in [7, 11) is 0. The van der Waals surface area contributed by atoms with E-state index in [0.717, 1.165) is 56.3 Å². The van der Waals surface area contributed by atoms with E-state index in [1.807, 2.05) is 5.32 Å². The molecule has 1 saturated carbocycles. The summed E-state index contributed by atoms with van der Waals surface area (Å²) in [4.78, 5) is 13.4. The third kappa shape index (κ3) is 3.89. The van der Waals surface area contributed by atoms with E-state index in [0.29, 0.717) is 6.04 Å². The number of rotatable bonds is 2. The van der Waals surface area contributed by atoms with Crippen LogP contribution in [0.3, 0.4) is 0 Å². The zero-order valence-corrected chi connectivity index (χ0v) is 13.3. The molecule has 132 valence electrons. The Morgan fingerprint density at radius 2 is 1.88 bits per heavy atom. The SMILES string of the molecule is O=C(Nc1ccc2c(c1)CCN(C1CCC(O)CC1)C2)C(F)(F)F. The number of halogens is 3. The molecular weight excluding hydrogens is 321 g/mol. The number of hydrogen-bond acceptors (Lipinski definition) is 3. The normalized spacial score (nSPS) is 25.2. The van der Waals surface area contributed by atoms with Gasteiger partial charge in [-0.15, -0.1) is 0 Å². The van der Waals surface area contributed by atoms with Crippen LogP contribution in [0.1, 0.15) is 36.8 Å². The average Bonchev–Trinajstić information content (AvgIpc) is 2.54. The molecule has 0 atom stereocenters. The number of carbonyl (C=O) groups excluding carboxylic acids is 1. The maximum Gasteiger partial charge on any atom is 0.471 e. The summed E-state index contributed by atoms with van der Waals surface area (Å²) in [5.74, 6) is -1.94. The van der Waals surface area contributed by atoms with E-state index in [1.165, 1.54) is 6.07 Å². The van der Waals surface area contributed by atoms with Crippen LogP contribution in [0.4, 0.5) is 18.9 Å². The lowest BCUT2D eigenvalue weighted by Crippen LogP contribution is -2.42. The molecule has 1 amide bonds. The van der Waals surface area contributed by atoms with Crippen molar-refractivity contribution in [3.05, 3.63) is 29.3 Å². The molecule has 2 N–H and O–H groups in total. The van der Waals surface area contributed by atoms with Crippen LogP contribution in [0.25, 0.3) is 0 Å². The van der Waals surface area contributed by atoms with Gasteiger partial charge < -0.3 is 10.4 Å². The maximum absolute atomic E-state index is 12.3. The van der Waals surface area contributed by atoms with Crippen LogP contribution in [0, 0.1) is 0 Å². The number of benzene rings is 1. The van der Waals surface area contributed by atoms with Gasteiger partial charge in [0.1, 0.15) is 0 Å². The van der Waals surface area contributed by atoms with Crippen LogP contribution in [0.2, 0.25) is 0 Å². The van der Waals surface area contributed by atoms with Crippen LogP contribution in [0.15, 0.2) is 18.2 Å². The number of carbonyl (C=O) groups is 1. The quantitative estimate of drug-likeness (QED) is 0.869. The molecule has 4 nitrogen and oxygen atoms in total. The van der Waals surface area contributed by atoms with Gasteiger partial charge in [0.2, 0.25) is 0 Å². The summed E-state index contributed by atoms with van der Waals surface area (Å²) >= 11 is 0. The third-order valence-electron chi connectivity index (χ3n) is 4.95. The summed E-state index contributed by atoms with van der Waals surface area (Å²) in [5.41, 5.74) is 2.27. The minimum absolute atomic E-state index is 0.182. The predicted octanol–water partition coefficient (Wildman–Crippen LogP) is 2.85. The Morgan fingerprint density at radius 1 is 1.17 bits per heavy atom. The van der Waals surface area contributed by atoms with Gasteiger partial charge in [-0.25, -0.2) is 0 Å². The van der Waals surface area contributed by atoms with Crippen molar-refractivity contribution in [2.75, 3.05) is 11.9 Å². The zero-order valence-electron chi connectivity index (χ0n) is 13.3. The Labute approximate surface area is 138 Å². The lowest BCUT2D eigenvalue weighted by atomic mass is 9.89. The topological polar surface area (TPSA) is 52.6 Å². The van der Waals surface area contributed by atoms with Crippen molar-refractivity contribution in [2.45, 2.75) is 57.0 Å². The number of anilines is 1. The number of nitrogens with one attached hydrogen (secondary N) is 1. The molecule has 1 aliphatic carbocycles. The van der Waals surface area contributed by atoms with Gasteiger partial charge in [-0.2, -0.15) is 13.2 Å². The van der Waals surface area contributed by atoms with Crippen LogP contribution in [-0.2, 0) is 17.8 Å². The molecule has 0 aromatic heterocycles. The van der Waals surface area contributed by atoms with Gasteiger partial charge >= 0.3 is 12.1 Å². The minimum atomic E-state index is -4.88. The van der Waals surface area contributed by atoms with Gasteiger partial charge in [0.15, 0.2) is 0 Å². The first-order valence-electron chi connectivity index (χ1n) is 8.25. The average molecular weight is 342 g/mol. The molecule has 1 fully saturated rings. The van der Waals surface area contributed by atoms with Crippen molar-refractivity contribution in [1.82, 2.24) is 4.90 Å². The highest BCUT2D eigenvalue weighted by Gasteiger charge is 2.38. The van der Waals surface area contributed by atoms with Crippen LogP contribution < -0.4 is 5.32 Å². The fraction of sp³-hybridized carbons (Fsp3) is 0.588. The number of alkyl halides is 3. The highest BCUT2D eigenvalue weighted by atomic mass is 19.4. The van der Waals surface area contributed by atoms with Crippen molar-refractivity contribution < 1.29 is 23.1 Å². The van der Waals surface area contributed by atoms with E-state index in [2.05, 4.69) is 4.90 Å². The lowest BCUT2D eigenvalue weighted by molar-refractivity contribution is -0.167. The molecule has 0 unspecified atom stereocenters. The molecule has 0 spiro atoms. The summed E-state index contributed by atoms with van der Waals surface area (Å²) in [6.45, 7) is 1.62. The van der Waals surface area contributed by atoms with Crippen LogP contribution in [-0.4, -0.2) is 40.8 Å². The van der Waals surface area contributed by atoms with E-state index in [1.54, 1.807) is 12.1 Å². The Hall–Kier alpha value is -1.60. The molecular formula is C17H21F3N2O2. The monoisotopic (exact) mass is 342 g/mol. The van der Waals surface area contributed by atoms with Crippen molar-refractivity contribution in [3.8, 4) is 0 Å². The van der Waals surface area contributed by atoms with Gasteiger partial charge in [0, 0.05) is 24.8 Å². The van der Waals surface area contributed by atoms with Gasteiger partial charge in [0.25, 0.3) is 0 Å². The molecule has 2 aliphatic rings. The number of fused-ring (bicyclic) bond motifs is 1. The maximum atomic E-state index is 12.3. The third-order valence-corrected chi connectivity index (χ3v) is 4.95. The Balaban J connectivity index is 1.65. The molecule has 1 aliphatic heterocycles. The summed E-state index contributed by atoms with van der Waals surface area (Å²) < 4.78 is 37.0. The highest BCUT2D eigenvalue weighted by Crippen LogP contribution is 2.29. The lowest BCUT2D eigenvalue weighted by Gasteiger charge is -2.38. The van der Waals surface area contributed by atoms with E-state index >= 15 is 0 Å². The van der Waals surface area contributed by atoms with E-state index in [4.69, 9.17) is 0 Å². The van der Waals surface area contributed by atoms with E-state index < -0.39 is 12.1 Å². The molecule has 1 aromatic carbocycles. The molecule has 7 heteroatoms. The van der Waals surface area contributed by atoms with Crippen molar-refractivity contribution in [2.24, 2.45) is 0 Å². The second-order valence-electron chi connectivity index (χ2n) is 6.62. The number of hydrogen-bond donors (Lipinski definition) is 2. The molecule has 0 bridgehead atoms. The van der Waals surface area contributed by atoms with Crippen molar-refractivity contribution in [1.29, 1.82) is 0 Å². The zero-order chi connectivity index (χ0) is 17.3. The summed E-state index contributed by atoms with van der Waals surface area (Å²) in [6.07, 6.45) is -0.681. The van der Waals surface area contributed by atoms with E-state index in [9.17, 15) is 23.1 Å². The van der Waals surface area contributed by atoms with Crippen molar-refractivity contribution >= 4 is 11.6 Å². The predicted molar refractivity (Wildman–Crippen MR) is 83.5 cm³/mol. The Kier molecular flexibility index (Phi) is 4.83. The largest absolute Gasteiger partial charge is 0.471 e. The van der Waals surface area contributed by atoms with Gasteiger partial charge in [-0.1, -0.05) is 6.07 Å². The highest BCUT2D eigenvalue weighted by molar-refractivity contribution is 5.95. The van der Waals surface area contributed by atoms with E-state index in [-0.39, 0.29) is 11.8 Å². The van der Waals surface area contributed by atoms with Crippen molar-refractivity contribution in [3.63, 3.8) is 0 Å². The molecule has 1 heterocycles. The van der Waals surface area contributed by atoms with Gasteiger partial charge in [0.05, 0.1) is 6.10 Å². The Bertz CT molecular complexity index is 610. The molecule has 3 rings (SSSR count). The number of aliphatic hydroxyl groups excluding tert-OH is 1. The number of nitrogens with zero attached hydrogens (tertiary/aromatic N) is 1. The van der Waals surface area contributed by atoms with Crippen LogP contribution in [0.5, 0.6) is 0 Å². The fourth-order valence-corrected chi connectivity index (χ4v) is 3.59. The smallest absolute Gasteiger partial charge is 0.393 e. The standard InChI is InChI=1S/C17H21F3N2O2/c18-17(19,20)16(24)21-13-2-1-12-10-22(8-7-11(12)9-13)14-3-5-15(23)6-4-14/h1-2,9,14-15,23H,3-8,10H2,(H,21,24). The molecule has 24 heavy (non-hydrogen) atoms. The Morgan fingerprint density at radius 3 is 2.54 bits per heavy atom. The molecule has 1 aromatic rings. The minimum Gasteiger partial charge on any atom is -0.393 e. The summed E-state index contributed by atoms with van der Waals surface area (Å²) in [5, 5.41) is 11.5. The molecule has 0 saturated heterocycles. The fourth-order valence-electron chi connectivity index (χ4n) is 3.59. The summed E-state index contributed by atoms with van der Waals surface area (Å²) in [6, 6.07) is 5.43. The first-order chi connectivity index (χ1) is 11.3. The van der Waals surface area contributed by atoms with Gasteiger partial charge in [-0.3, -0.25) is 9.69 Å². The second-order valence-corrected chi connectivity index (χ2v) is 6.62. The first kappa shape index (κ1) is 17.2. The molecule has 0 radical (unpaired) electrons. The van der Waals surface area contributed by atoms with Gasteiger partial charge in [-0.05, 0) is 55.4 Å².